The fourth-order valence-corrected chi connectivity index (χ4v) is 11.6. The number of aliphatic imine (C=N–C) groups is 3. The van der Waals surface area contributed by atoms with Gasteiger partial charge in [-0.25, -0.2) is 0 Å². The summed E-state index contributed by atoms with van der Waals surface area (Å²) in [4.78, 5) is 115. The number of rotatable bonds is 18. The molecule has 62 heavy (non-hydrogen) atoms. The number of carboxylic acids is 6. The van der Waals surface area contributed by atoms with Crippen molar-refractivity contribution in [1.82, 2.24) is 10.6 Å². The molecule has 6 heterocycles. The van der Waals surface area contributed by atoms with Gasteiger partial charge in [0.2, 0.25) is 11.8 Å². The second-order valence-corrected chi connectivity index (χ2v) is 18.2. The fourth-order valence-electron chi connectivity index (χ4n) is 11.6. The van der Waals surface area contributed by atoms with E-state index < -0.39 is 119 Å². The Kier molecular flexibility index (Phi) is 12.8. The maximum Gasteiger partial charge on any atom is 0.304 e. The molecule has 1 spiro atoms. The number of nitrogens with two attached hydrogens (primary N) is 1. The summed E-state index contributed by atoms with van der Waals surface area (Å²) >= 11 is 0. The standard InChI is InChI=1S/C42H54N6O14/c1-40(17-32(43)49)23(5-9-36(55)56)30-16-42-41(2,18-33(50)48-42)24(6-10-37(57)58)29(47-42)14-27-21(11-38(59)60)19(3-7-34(51)52)25(44-27)13-26-20(4-8-35(53)54)22(12-39(61)62)28(45-26)15-31(40)46-30/h13-14,19-24,28,30,47H,3-12,15-18H2,1-2H3,(H2,43,49)(H,48,50)(H,51,52)(H,53,54)(H,55,56)(H,57,58)(H,59,60)(H,61,62)/t19-,20-,21-,22-,23+,24+,28+,30-,40-,41-,42-/m0/s1. The summed E-state index contributed by atoms with van der Waals surface area (Å²) in [6, 6.07) is -1.65. The van der Waals surface area contributed by atoms with Crippen molar-refractivity contribution in [3.8, 4) is 0 Å². The summed E-state index contributed by atoms with van der Waals surface area (Å²) in [5.74, 6) is -12.6. The number of carbonyl (C=O) groups excluding carboxylic acids is 2. The molecule has 6 aliphatic rings. The highest BCUT2D eigenvalue weighted by Crippen LogP contribution is 2.59. The fraction of sp³-hybridized carbons (Fsp3) is 0.643. The molecular formula is C42H54N6O14. The zero-order valence-corrected chi connectivity index (χ0v) is 34.5. The highest BCUT2D eigenvalue weighted by Gasteiger charge is 2.66. The monoisotopic (exact) mass is 866 g/mol. The van der Waals surface area contributed by atoms with Crippen molar-refractivity contribution in [1.29, 1.82) is 0 Å². The number of aliphatic carboxylic acids is 6. The van der Waals surface area contributed by atoms with Crippen molar-refractivity contribution in [3.05, 3.63) is 23.5 Å². The lowest BCUT2D eigenvalue weighted by Gasteiger charge is -2.42. The van der Waals surface area contributed by atoms with Crippen LogP contribution in [0, 0.1) is 46.3 Å². The molecule has 20 nitrogen and oxygen atoms in total. The van der Waals surface area contributed by atoms with E-state index in [0.29, 0.717) is 11.4 Å². The number of nitrogens with zero attached hydrogens (tertiary/aromatic N) is 3. The van der Waals surface area contributed by atoms with E-state index in [-0.39, 0.29) is 100 Å². The average Bonchev–Trinajstić information content (AvgIpc) is 3.82. The minimum absolute atomic E-state index is 0.0225. The van der Waals surface area contributed by atoms with E-state index in [4.69, 9.17) is 20.7 Å². The topological polar surface area (TPSA) is 345 Å². The number of carbonyl (C=O) groups is 8. The third-order valence-corrected chi connectivity index (χ3v) is 14.3. The zero-order chi connectivity index (χ0) is 45.5. The van der Waals surface area contributed by atoms with Crippen molar-refractivity contribution in [2.24, 2.45) is 67.0 Å². The van der Waals surface area contributed by atoms with E-state index in [2.05, 4.69) is 10.6 Å². The van der Waals surface area contributed by atoms with Crippen molar-refractivity contribution in [2.45, 2.75) is 121 Å². The number of allylic oxidation sites excluding steroid dienone is 4. The summed E-state index contributed by atoms with van der Waals surface area (Å²) in [6.07, 6.45) is 0.542. The first-order valence-electron chi connectivity index (χ1n) is 20.9. The third-order valence-electron chi connectivity index (χ3n) is 14.3. The van der Waals surface area contributed by atoms with Crippen molar-refractivity contribution < 1.29 is 69.0 Å². The molecule has 0 aromatic carbocycles. The minimum atomic E-state index is -1.34. The van der Waals surface area contributed by atoms with Gasteiger partial charge in [-0.05, 0) is 43.8 Å². The summed E-state index contributed by atoms with van der Waals surface area (Å²) in [5, 5.41) is 66.4. The predicted octanol–water partition coefficient (Wildman–Crippen LogP) is 2.46. The molecule has 0 unspecified atom stereocenters. The molecule has 6 rings (SSSR count). The molecular weight excluding hydrogens is 812 g/mol. The summed E-state index contributed by atoms with van der Waals surface area (Å²) in [5.41, 5.74) is 3.94. The second kappa shape index (κ2) is 17.4. The first-order valence-corrected chi connectivity index (χ1v) is 20.9. The lowest BCUT2D eigenvalue weighted by molar-refractivity contribution is -0.139. The lowest BCUT2D eigenvalue weighted by atomic mass is 9.63. The first-order chi connectivity index (χ1) is 29.0. The number of primary amides is 1. The van der Waals surface area contributed by atoms with Gasteiger partial charge in [0.1, 0.15) is 5.66 Å². The van der Waals surface area contributed by atoms with Gasteiger partial charge in [-0.2, -0.15) is 0 Å². The summed E-state index contributed by atoms with van der Waals surface area (Å²) in [6.45, 7) is 3.59. The van der Waals surface area contributed by atoms with Gasteiger partial charge in [0.25, 0.3) is 0 Å². The van der Waals surface area contributed by atoms with Crippen LogP contribution in [0.25, 0.3) is 0 Å². The number of hydrogen-bond donors (Lipinski definition) is 9. The number of nitrogens with one attached hydrogen (secondary N) is 2. The van der Waals surface area contributed by atoms with Gasteiger partial charge in [-0.3, -0.25) is 53.3 Å². The number of fused-ring (bicyclic) bond motifs is 4. The Bertz CT molecular complexity index is 2110. The molecule has 0 radical (unpaired) electrons. The van der Waals surface area contributed by atoms with Gasteiger partial charge in [0.15, 0.2) is 0 Å². The number of carboxylic acid groups (broad SMARTS) is 6. The van der Waals surface area contributed by atoms with E-state index in [9.17, 15) is 69.0 Å². The van der Waals surface area contributed by atoms with Crippen LogP contribution in [0.4, 0.5) is 0 Å². The van der Waals surface area contributed by atoms with Crippen LogP contribution in [0.3, 0.4) is 0 Å². The smallest absolute Gasteiger partial charge is 0.304 e. The van der Waals surface area contributed by atoms with Gasteiger partial charge in [0, 0.05) is 120 Å². The lowest BCUT2D eigenvalue weighted by Crippen LogP contribution is -2.59. The molecule has 0 aromatic heterocycles. The maximum absolute atomic E-state index is 13.6. The van der Waals surface area contributed by atoms with Crippen LogP contribution in [-0.2, 0) is 38.4 Å². The van der Waals surface area contributed by atoms with Crippen molar-refractivity contribution in [3.63, 3.8) is 0 Å². The average molecular weight is 867 g/mol. The van der Waals surface area contributed by atoms with Gasteiger partial charge in [-0.1, -0.05) is 13.8 Å². The molecule has 11 atom stereocenters. The Morgan fingerprint density at radius 1 is 0.710 bits per heavy atom. The third kappa shape index (κ3) is 8.99. The molecule has 0 aliphatic carbocycles. The normalized spacial score (nSPS) is 34.4. The number of hydrogen-bond acceptors (Lipinski definition) is 12. The highest BCUT2D eigenvalue weighted by atomic mass is 16.4. The van der Waals surface area contributed by atoms with Gasteiger partial charge < -0.3 is 47.0 Å². The van der Waals surface area contributed by atoms with Crippen LogP contribution in [0.1, 0.15) is 104 Å². The number of amides is 2. The molecule has 6 aliphatic heterocycles. The summed E-state index contributed by atoms with van der Waals surface area (Å²) < 4.78 is 0. The molecule has 20 heteroatoms. The minimum Gasteiger partial charge on any atom is -0.481 e. The Labute approximate surface area is 355 Å². The van der Waals surface area contributed by atoms with Crippen LogP contribution >= 0.6 is 0 Å². The molecule has 336 valence electrons. The van der Waals surface area contributed by atoms with E-state index in [1.54, 1.807) is 19.1 Å². The molecule has 2 amide bonds. The van der Waals surface area contributed by atoms with E-state index in [1.165, 1.54) is 0 Å². The molecule has 2 fully saturated rings. The van der Waals surface area contributed by atoms with E-state index in [0.717, 1.165) is 0 Å². The van der Waals surface area contributed by atoms with E-state index >= 15 is 0 Å². The van der Waals surface area contributed by atoms with Gasteiger partial charge in [-0.15, -0.1) is 0 Å². The molecule has 0 aromatic rings. The molecule has 10 N–H and O–H groups in total. The molecule has 2 saturated heterocycles. The quantitative estimate of drug-likeness (QED) is 0.0955. The molecule has 0 saturated carbocycles. The highest BCUT2D eigenvalue weighted by molar-refractivity contribution is 6.05. The molecule has 8 bridgehead atoms. The van der Waals surface area contributed by atoms with Crippen LogP contribution < -0.4 is 16.4 Å². The SMILES string of the molecule is C[C@@]12CC(=O)N[C@@]13C[C@@H]1N=C(C[C@H]4N=C(C=C5N=C(C=C(N3)[C@H]2CCC(=O)O)[C@@H](CC(=O)O)[C@@H]5CCC(=O)O)[C@@H](CCC(=O)O)[C@@H]4CC(=O)O)[C@@](C)(CC(N)=O)[C@@H]1CCC(=O)O. The van der Waals surface area contributed by atoms with Crippen LogP contribution in [0.2, 0.25) is 0 Å². The van der Waals surface area contributed by atoms with Gasteiger partial charge in [0.05, 0.1) is 24.9 Å². The zero-order valence-electron chi connectivity index (χ0n) is 34.5. The Hall–Kier alpha value is -5.95. The Balaban J connectivity index is 1.64. The van der Waals surface area contributed by atoms with E-state index in [1.807, 2.05) is 6.92 Å². The van der Waals surface area contributed by atoms with Crippen molar-refractivity contribution >= 4 is 64.8 Å². The van der Waals surface area contributed by atoms with Crippen LogP contribution in [0.15, 0.2) is 38.5 Å². The first kappa shape index (κ1) is 45.6. The predicted molar refractivity (Wildman–Crippen MR) is 217 cm³/mol. The van der Waals surface area contributed by atoms with Crippen LogP contribution in [-0.4, -0.2) is 113 Å². The Morgan fingerprint density at radius 2 is 1.31 bits per heavy atom. The maximum atomic E-state index is 13.6. The van der Waals surface area contributed by atoms with Crippen molar-refractivity contribution in [2.75, 3.05) is 0 Å². The van der Waals surface area contributed by atoms with Gasteiger partial charge >= 0.3 is 35.8 Å². The Morgan fingerprint density at radius 3 is 1.90 bits per heavy atom. The second-order valence-electron chi connectivity index (χ2n) is 18.2. The summed E-state index contributed by atoms with van der Waals surface area (Å²) in [7, 11) is 0. The largest absolute Gasteiger partial charge is 0.481 e. The van der Waals surface area contributed by atoms with Crippen LogP contribution in [0.5, 0.6) is 0 Å².